The van der Waals surface area contributed by atoms with E-state index in [2.05, 4.69) is 41.6 Å². The summed E-state index contributed by atoms with van der Waals surface area (Å²) in [6.07, 6.45) is 0. The van der Waals surface area contributed by atoms with Crippen LogP contribution < -0.4 is 10.1 Å². The van der Waals surface area contributed by atoms with Crippen molar-refractivity contribution in [2.75, 3.05) is 12.4 Å². The number of nitrogens with zero attached hydrogens (tertiary/aromatic N) is 4. The molecule has 0 unspecified atom stereocenters. The fraction of sp³-hybridized carbons (Fsp3) is 0.111. The average molecular weight is 476 g/mol. The van der Waals surface area contributed by atoms with Crippen LogP contribution in [0.5, 0.6) is 5.75 Å². The maximum Gasteiger partial charge on any atom is 0.248 e. The van der Waals surface area contributed by atoms with Crippen molar-refractivity contribution in [1.29, 1.82) is 0 Å². The summed E-state index contributed by atoms with van der Waals surface area (Å²) in [5.41, 5.74) is 1.79. The zero-order chi connectivity index (χ0) is 19.3. The maximum atomic E-state index is 5.75. The van der Waals surface area contributed by atoms with Crippen LogP contribution in [0.2, 0.25) is 0 Å². The van der Waals surface area contributed by atoms with Gasteiger partial charge in [-0.2, -0.15) is 0 Å². The van der Waals surface area contributed by atoms with Crippen molar-refractivity contribution in [3.05, 3.63) is 58.9 Å². The Bertz CT molecular complexity index is 1070. The maximum absolute atomic E-state index is 5.75. The number of hydrogen-bond acceptors (Lipinski definition) is 9. The first-order chi connectivity index (χ1) is 13.7. The van der Waals surface area contributed by atoms with E-state index >= 15 is 0 Å². The highest BCUT2D eigenvalue weighted by molar-refractivity contribution is 9.10. The second kappa shape index (κ2) is 8.72. The molecule has 10 heteroatoms. The second-order valence-electron chi connectivity index (χ2n) is 5.50. The van der Waals surface area contributed by atoms with E-state index in [0.29, 0.717) is 22.7 Å². The van der Waals surface area contributed by atoms with E-state index in [-0.39, 0.29) is 0 Å². The Labute approximate surface area is 177 Å². The van der Waals surface area contributed by atoms with E-state index in [1.807, 2.05) is 48.5 Å². The van der Waals surface area contributed by atoms with Gasteiger partial charge in [-0.25, -0.2) is 0 Å². The molecule has 1 N–H and O–H groups in total. The van der Waals surface area contributed by atoms with Gasteiger partial charge in [-0.1, -0.05) is 35.2 Å². The number of aromatic nitrogens is 4. The molecule has 2 aromatic heterocycles. The van der Waals surface area contributed by atoms with Crippen LogP contribution in [0.3, 0.4) is 0 Å². The van der Waals surface area contributed by atoms with Gasteiger partial charge in [0.05, 0.1) is 18.4 Å². The van der Waals surface area contributed by atoms with Crippen LogP contribution in [0.4, 0.5) is 10.8 Å². The standard InChI is InChI=1S/C18H14BrN5O2S2/c1-25-12-8-6-11(7-9-12)20-17-23-24-18(28-17)27-10-15-21-22-16(26-15)13-4-2-3-5-14(13)19/h2-9H,10H2,1H3,(H,20,23). The molecule has 0 atom stereocenters. The minimum absolute atomic E-state index is 0.488. The summed E-state index contributed by atoms with van der Waals surface area (Å²) in [5, 5.41) is 20.5. The average Bonchev–Trinajstić information content (AvgIpc) is 3.37. The summed E-state index contributed by atoms with van der Waals surface area (Å²) in [6, 6.07) is 15.4. The highest BCUT2D eigenvalue weighted by atomic mass is 79.9. The number of nitrogens with one attached hydrogen (secondary N) is 1. The lowest BCUT2D eigenvalue weighted by molar-refractivity contribution is 0.415. The Balaban J connectivity index is 1.36. The predicted octanol–water partition coefficient (Wildman–Crippen LogP) is 5.40. The molecule has 2 aromatic carbocycles. The van der Waals surface area contributed by atoms with E-state index in [9.17, 15) is 0 Å². The fourth-order valence-electron chi connectivity index (χ4n) is 2.30. The molecule has 28 heavy (non-hydrogen) atoms. The Morgan fingerprint density at radius 1 is 1.07 bits per heavy atom. The topological polar surface area (TPSA) is 86.0 Å². The molecule has 0 saturated heterocycles. The number of thioether (sulfide) groups is 1. The smallest absolute Gasteiger partial charge is 0.248 e. The number of hydrogen-bond donors (Lipinski definition) is 1. The van der Waals surface area contributed by atoms with Crippen LogP contribution >= 0.6 is 39.0 Å². The molecule has 0 bridgehead atoms. The van der Waals surface area contributed by atoms with Gasteiger partial charge in [-0.3, -0.25) is 0 Å². The lowest BCUT2D eigenvalue weighted by atomic mass is 10.2. The summed E-state index contributed by atoms with van der Waals surface area (Å²) in [5.74, 6) is 2.35. The molecule has 0 aliphatic carbocycles. The van der Waals surface area contributed by atoms with Gasteiger partial charge in [0.2, 0.25) is 16.9 Å². The first-order valence-corrected chi connectivity index (χ1v) is 10.8. The van der Waals surface area contributed by atoms with Crippen LogP contribution in [0.1, 0.15) is 5.89 Å². The van der Waals surface area contributed by atoms with Gasteiger partial charge in [0.1, 0.15) is 5.75 Å². The highest BCUT2D eigenvalue weighted by Gasteiger charge is 2.13. The van der Waals surface area contributed by atoms with Crippen LogP contribution in [-0.4, -0.2) is 27.5 Å². The predicted molar refractivity (Wildman–Crippen MR) is 113 cm³/mol. The number of ether oxygens (including phenoxy) is 1. The van der Waals surface area contributed by atoms with Gasteiger partial charge >= 0.3 is 0 Å². The number of benzene rings is 2. The largest absolute Gasteiger partial charge is 0.497 e. The van der Waals surface area contributed by atoms with Gasteiger partial charge in [0, 0.05) is 10.2 Å². The van der Waals surface area contributed by atoms with E-state index in [1.54, 1.807) is 7.11 Å². The SMILES string of the molecule is COc1ccc(Nc2nnc(SCc3nnc(-c4ccccc4Br)o3)s2)cc1. The Morgan fingerprint density at radius 3 is 2.68 bits per heavy atom. The molecular formula is C18H14BrN5O2S2. The Hall–Kier alpha value is -2.43. The Kier molecular flexibility index (Phi) is 5.89. The number of halogens is 1. The number of methoxy groups -OCH3 is 1. The number of rotatable bonds is 7. The van der Waals surface area contributed by atoms with Crippen molar-refractivity contribution in [2.45, 2.75) is 10.1 Å². The van der Waals surface area contributed by atoms with E-state index in [1.165, 1.54) is 23.1 Å². The van der Waals surface area contributed by atoms with Crippen LogP contribution in [0, 0.1) is 0 Å². The van der Waals surface area contributed by atoms with Gasteiger partial charge in [0.15, 0.2) is 4.34 Å². The molecule has 0 fully saturated rings. The minimum atomic E-state index is 0.488. The van der Waals surface area contributed by atoms with Gasteiger partial charge in [0.25, 0.3) is 0 Å². The van der Waals surface area contributed by atoms with Crippen LogP contribution in [0.25, 0.3) is 11.5 Å². The summed E-state index contributed by atoms with van der Waals surface area (Å²) in [7, 11) is 1.64. The molecule has 0 radical (unpaired) electrons. The molecule has 0 aliphatic heterocycles. The van der Waals surface area contributed by atoms with Crippen molar-refractivity contribution in [3.63, 3.8) is 0 Å². The molecule has 4 rings (SSSR count). The summed E-state index contributed by atoms with van der Waals surface area (Å²) in [6.45, 7) is 0. The van der Waals surface area contributed by atoms with Gasteiger partial charge in [-0.05, 0) is 52.3 Å². The van der Waals surface area contributed by atoms with Crippen LogP contribution in [-0.2, 0) is 5.75 Å². The van der Waals surface area contributed by atoms with Gasteiger partial charge in [-0.15, -0.1) is 20.4 Å². The zero-order valence-electron chi connectivity index (χ0n) is 14.6. The van der Waals surface area contributed by atoms with Crippen molar-refractivity contribution in [1.82, 2.24) is 20.4 Å². The third-order valence-corrected chi connectivity index (χ3v) is 6.29. The van der Waals surface area contributed by atoms with Gasteiger partial charge < -0.3 is 14.5 Å². The molecule has 4 aromatic rings. The van der Waals surface area contributed by atoms with E-state index in [4.69, 9.17) is 9.15 Å². The quantitative estimate of drug-likeness (QED) is 0.355. The van der Waals surface area contributed by atoms with Crippen LogP contribution in [0.15, 0.2) is 61.8 Å². The molecule has 0 amide bonds. The van der Waals surface area contributed by atoms with Crippen molar-refractivity contribution in [3.8, 4) is 17.2 Å². The van der Waals surface area contributed by atoms with E-state index < -0.39 is 0 Å². The minimum Gasteiger partial charge on any atom is -0.497 e. The highest BCUT2D eigenvalue weighted by Crippen LogP contribution is 2.31. The molecule has 2 heterocycles. The first kappa shape index (κ1) is 18.9. The third kappa shape index (κ3) is 4.51. The molecule has 0 spiro atoms. The molecule has 0 aliphatic rings. The monoisotopic (exact) mass is 475 g/mol. The molecular weight excluding hydrogens is 462 g/mol. The fourth-order valence-corrected chi connectivity index (χ4v) is 4.36. The third-order valence-electron chi connectivity index (χ3n) is 3.64. The zero-order valence-corrected chi connectivity index (χ0v) is 17.8. The van der Waals surface area contributed by atoms with Crippen molar-refractivity contribution in [2.24, 2.45) is 0 Å². The molecule has 142 valence electrons. The summed E-state index contributed by atoms with van der Waals surface area (Å²) in [4.78, 5) is 0. The second-order valence-corrected chi connectivity index (χ2v) is 8.55. The first-order valence-electron chi connectivity index (χ1n) is 8.16. The number of anilines is 2. The molecule has 0 saturated carbocycles. The molecule has 7 nitrogen and oxygen atoms in total. The van der Waals surface area contributed by atoms with Crippen molar-refractivity contribution >= 4 is 49.8 Å². The Morgan fingerprint density at radius 2 is 1.89 bits per heavy atom. The van der Waals surface area contributed by atoms with Crippen molar-refractivity contribution < 1.29 is 9.15 Å². The van der Waals surface area contributed by atoms with E-state index in [0.717, 1.165) is 25.8 Å². The summed E-state index contributed by atoms with van der Waals surface area (Å²) < 4.78 is 12.6. The summed E-state index contributed by atoms with van der Waals surface area (Å²) >= 11 is 6.46. The lowest BCUT2D eigenvalue weighted by Crippen LogP contribution is -1.89. The normalized spacial score (nSPS) is 10.8. The lowest BCUT2D eigenvalue weighted by Gasteiger charge is -2.03.